The van der Waals surface area contributed by atoms with E-state index in [4.69, 9.17) is 37.9 Å². The van der Waals surface area contributed by atoms with Crippen molar-refractivity contribution in [2.75, 3.05) is 25.1 Å². The Hall–Kier alpha value is -3.67. The van der Waals surface area contributed by atoms with E-state index in [0.717, 1.165) is 58.7 Å². The van der Waals surface area contributed by atoms with Crippen molar-refractivity contribution in [1.82, 2.24) is 15.0 Å². The summed E-state index contributed by atoms with van der Waals surface area (Å²) in [7, 11) is 1.68. The Labute approximate surface area is 225 Å². The molecule has 0 bridgehead atoms. The highest BCUT2D eigenvalue weighted by molar-refractivity contribution is 6.42. The first-order valence-electron chi connectivity index (χ1n) is 12.2. The third-order valence-corrected chi connectivity index (χ3v) is 7.64. The minimum Gasteiger partial charge on any atom is -0.497 e. The van der Waals surface area contributed by atoms with Gasteiger partial charge in [-0.2, -0.15) is 0 Å². The van der Waals surface area contributed by atoms with Crippen LogP contribution in [0.25, 0.3) is 33.4 Å². The van der Waals surface area contributed by atoms with Crippen molar-refractivity contribution in [3.8, 4) is 28.3 Å². The van der Waals surface area contributed by atoms with Gasteiger partial charge in [0.05, 0.1) is 22.7 Å². The van der Waals surface area contributed by atoms with Crippen LogP contribution in [0.3, 0.4) is 0 Å². The van der Waals surface area contributed by atoms with Gasteiger partial charge in [-0.3, -0.25) is 4.98 Å². The quantitative estimate of drug-likeness (QED) is 0.235. The van der Waals surface area contributed by atoms with Crippen LogP contribution < -0.4 is 9.64 Å². The number of hydrogen-bond donors (Lipinski definition) is 0. The Balaban J connectivity index is 1.45. The SMILES string of the molecule is COc1cccc(-c2ccc3nc(-c4cccnc4)nc(N4CCC(c5ccc(Cl)c(Cl)c5)C4)c3c2)c1. The number of benzene rings is 3. The fourth-order valence-electron chi connectivity index (χ4n) is 4.95. The van der Waals surface area contributed by atoms with E-state index in [2.05, 4.69) is 40.2 Å². The van der Waals surface area contributed by atoms with Gasteiger partial charge in [-0.1, -0.05) is 47.5 Å². The third-order valence-electron chi connectivity index (χ3n) is 6.90. The second-order valence-electron chi connectivity index (χ2n) is 9.18. The summed E-state index contributed by atoms with van der Waals surface area (Å²) in [6.45, 7) is 1.72. The van der Waals surface area contributed by atoms with Crippen molar-refractivity contribution in [2.45, 2.75) is 12.3 Å². The molecule has 2 aromatic heterocycles. The molecule has 5 aromatic rings. The summed E-state index contributed by atoms with van der Waals surface area (Å²) in [4.78, 5) is 16.6. The second-order valence-corrected chi connectivity index (χ2v) is 10.00. The van der Waals surface area contributed by atoms with Crippen LogP contribution in [0.2, 0.25) is 10.0 Å². The highest BCUT2D eigenvalue weighted by Gasteiger charge is 2.27. The van der Waals surface area contributed by atoms with E-state index in [1.165, 1.54) is 5.56 Å². The van der Waals surface area contributed by atoms with E-state index in [1.54, 1.807) is 19.5 Å². The van der Waals surface area contributed by atoms with Gasteiger partial charge in [0.2, 0.25) is 0 Å². The van der Waals surface area contributed by atoms with Gasteiger partial charge in [0, 0.05) is 42.4 Å². The summed E-state index contributed by atoms with van der Waals surface area (Å²) in [5.41, 5.74) is 5.15. The van der Waals surface area contributed by atoms with Gasteiger partial charge < -0.3 is 9.64 Å². The van der Waals surface area contributed by atoms with Gasteiger partial charge >= 0.3 is 0 Å². The van der Waals surface area contributed by atoms with Crippen molar-refractivity contribution in [3.63, 3.8) is 0 Å². The molecule has 1 unspecified atom stereocenters. The molecule has 0 radical (unpaired) electrons. The lowest BCUT2D eigenvalue weighted by atomic mass is 9.98. The molecule has 0 amide bonds. The topological polar surface area (TPSA) is 51.1 Å². The molecule has 1 aliphatic heterocycles. The Kier molecular flexibility index (Phi) is 6.41. The van der Waals surface area contributed by atoms with Crippen molar-refractivity contribution < 1.29 is 4.74 Å². The molecular formula is C30H24Cl2N4O. The summed E-state index contributed by atoms with van der Waals surface area (Å²) in [6.07, 6.45) is 4.56. The number of hydrogen-bond acceptors (Lipinski definition) is 5. The maximum atomic E-state index is 6.33. The van der Waals surface area contributed by atoms with Gasteiger partial charge in [-0.15, -0.1) is 0 Å². The van der Waals surface area contributed by atoms with E-state index >= 15 is 0 Å². The molecule has 1 saturated heterocycles. The lowest BCUT2D eigenvalue weighted by molar-refractivity contribution is 0.415. The maximum Gasteiger partial charge on any atom is 0.163 e. The van der Waals surface area contributed by atoms with E-state index in [-0.39, 0.29) is 0 Å². The van der Waals surface area contributed by atoms with Gasteiger partial charge in [-0.25, -0.2) is 9.97 Å². The summed E-state index contributed by atoms with van der Waals surface area (Å²) < 4.78 is 5.45. The molecular weight excluding hydrogens is 503 g/mol. The minimum atomic E-state index is 0.336. The summed E-state index contributed by atoms with van der Waals surface area (Å²) >= 11 is 12.5. The molecule has 7 heteroatoms. The van der Waals surface area contributed by atoms with Crippen LogP contribution in [0.15, 0.2) is 85.2 Å². The highest BCUT2D eigenvalue weighted by Crippen LogP contribution is 2.37. The average molecular weight is 527 g/mol. The fraction of sp³-hybridized carbons (Fsp3) is 0.167. The molecule has 1 aliphatic rings. The van der Waals surface area contributed by atoms with Crippen LogP contribution in [-0.2, 0) is 0 Å². The zero-order valence-corrected chi connectivity index (χ0v) is 21.7. The van der Waals surface area contributed by atoms with Gasteiger partial charge in [0.15, 0.2) is 5.82 Å². The van der Waals surface area contributed by atoms with Crippen LogP contribution in [0.1, 0.15) is 17.9 Å². The smallest absolute Gasteiger partial charge is 0.163 e. The Morgan fingerprint density at radius 1 is 0.865 bits per heavy atom. The Morgan fingerprint density at radius 3 is 2.54 bits per heavy atom. The summed E-state index contributed by atoms with van der Waals surface area (Å²) in [5.74, 6) is 2.76. The number of aromatic nitrogens is 3. The van der Waals surface area contributed by atoms with Crippen LogP contribution in [0, 0.1) is 0 Å². The number of ether oxygens (including phenoxy) is 1. The predicted octanol–water partition coefficient (Wildman–Crippen LogP) is 7.67. The van der Waals surface area contributed by atoms with Gasteiger partial charge in [0.25, 0.3) is 0 Å². The molecule has 184 valence electrons. The van der Waals surface area contributed by atoms with E-state index in [1.807, 2.05) is 42.5 Å². The average Bonchev–Trinajstić information content (AvgIpc) is 3.44. The lowest BCUT2D eigenvalue weighted by Gasteiger charge is -2.21. The molecule has 0 saturated carbocycles. The van der Waals surface area contributed by atoms with Crippen molar-refractivity contribution >= 4 is 39.9 Å². The summed E-state index contributed by atoms with van der Waals surface area (Å²) in [6, 6.07) is 24.3. The van der Waals surface area contributed by atoms with Crippen molar-refractivity contribution in [1.29, 1.82) is 0 Å². The number of nitrogens with zero attached hydrogens (tertiary/aromatic N) is 4. The third kappa shape index (κ3) is 4.73. The normalized spacial score (nSPS) is 15.3. The van der Waals surface area contributed by atoms with E-state index < -0.39 is 0 Å². The van der Waals surface area contributed by atoms with Crippen LogP contribution in [0.5, 0.6) is 5.75 Å². The Bertz CT molecular complexity index is 1590. The molecule has 1 fully saturated rings. The first-order chi connectivity index (χ1) is 18.1. The number of anilines is 1. The van der Waals surface area contributed by atoms with Gasteiger partial charge in [0.1, 0.15) is 11.6 Å². The van der Waals surface area contributed by atoms with Crippen molar-refractivity contribution in [2.24, 2.45) is 0 Å². The molecule has 6 rings (SSSR count). The van der Waals surface area contributed by atoms with Crippen LogP contribution in [-0.4, -0.2) is 35.2 Å². The van der Waals surface area contributed by atoms with Crippen LogP contribution in [0.4, 0.5) is 5.82 Å². The first-order valence-corrected chi connectivity index (χ1v) is 12.9. The van der Waals surface area contributed by atoms with Crippen LogP contribution >= 0.6 is 23.2 Å². The molecule has 0 N–H and O–H groups in total. The second kappa shape index (κ2) is 10.0. The lowest BCUT2D eigenvalue weighted by Crippen LogP contribution is -2.21. The van der Waals surface area contributed by atoms with E-state index in [0.29, 0.717) is 21.8 Å². The first kappa shape index (κ1) is 23.7. The number of rotatable bonds is 5. The molecule has 5 nitrogen and oxygen atoms in total. The molecule has 37 heavy (non-hydrogen) atoms. The molecule has 0 spiro atoms. The predicted molar refractivity (Wildman–Crippen MR) is 151 cm³/mol. The fourth-order valence-corrected chi connectivity index (χ4v) is 5.26. The number of fused-ring (bicyclic) bond motifs is 1. The number of methoxy groups -OCH3 is 1. The maximum absolute atomic E-state index is 6.33. The zero-order valence-electron chi connectivity index (χ0n) is 20.2. The number of pyridine rings is 1. The van der Waals surface area contributed by atoms with E-state index in [9.17, 15) is 0 Å². The zero-order chi connectivity index (χ0) is 25.4. The summed E-state index contributed by atoms with van der Waals surface area (Å²) in [5, 5.41) is 2.18. The molecule has 3 heterocycles. The Morgan fingerprint density at radius 2 is 1.73 bits per heavy atom. The molecule has 0 aliphatic carbocycles. The number of halogens is 2. The standard InChI is InChI=1S/C30H24Cl2N4O/c1-37-24-6-2-4-19(14-24)20-8-10-28-25(15-20)30(35-29(34-28)22-5-3-12-33-17-22)36-13-11-23(18-36)21-7-9-26(31)27(32)16-21/h2-10,12,14-17,23H,11,13,18H2,1H3. The monoisotopic (exact) mass is 526 g/mol. The van der Waals surface area contributed by atoms with Gasteiger partial charge in [-0.05, 0) is 71.6 Å². The largest absolute Gasteiger partial charge is 0.497 e. The minimum absolute atomic E-state index is 0.336. The molecule has 3 aromatic carbocycles. The van der Waals surface area contributed by atoms with Crippen molar-refractivity contribution in [3.05, 3.63) is 101 Å². The molecule has 1 atom stereocenters. The highest BCUT2D eigenvalue weighted by atomic mass is 35.5.